The molecule has 6 rings (SSSR count). The Bertz CT molecular complexity index is 1620. The van der Waals surface area contributed by atoms with Crippen molar-refractivity contribution in [1.29, 1.82) is 0 Å². The van der Waals surface area contributed by atoms with Gasteiger partial charge in [0.25, 0.3) is 0 Å². The average Bonchev–Trinajstić information content (AvgIpc) is 2.92. The van der Waals surface area contributed by atoms with Crippen molar-refractivity contribution >= 4 is 34.3 Å². The molecule has 1 nitrogen and oxygen atoms in total. The van der Waals surface area contributed by atoms with E-state index in [-0.39, 0.29) is 0 Å². The molecule has 2 heteroatoms. The van der Waals surface area contributed by atoms with E-state index in [0.29, 0.717) is 0 Å². The van der Waals surface area contributed by atoms with E-state index in [4.69, 9.17) is 0 Å². The van der Waals surface area contributed by atoms with Crippen molar-refractivity contribution in [2.75, 3.05) is 13.3 Å². The van der Waals surface area contributed by atoms with Gasteiger partial charge in [0, 0.05) is 0 Å². The molecule has 0 aromatic heterocycles. The van der Waals surface area contributed by atoms with E-state index in [1.807, 2.05) is 13.3 Å². The molecule has 0 aliphatic heterocycles. The molecule has 0 amide bonds. The van der Waals surface area contributed by atoms with Crippen LogP contribution in [0.3, 0.4) is 0 Å². The van der Waals surface area contributed by atoms with Gasteiger partial charge < -0.3 is 0 Å². The molecule has 0 unspecified atom stereocenters. The van der Waals surface area contributed by atoms with Crippen molar-refractivity contribution in [2.45, 2.75) is 0 Å². The first-order chi connectivity index (χ1) is 17.5. The summed E-state index contributed by atoms with van der Waals surface area (Å²) in [4.78, 5) is 10.6. The van der Waals surface area contributed by atoms with Crippen LogP contribution >= 0.6 is 7.49 Å². The molecule has 6 aromatic rings. The fourth-order valence-corrected chi connectivity index (χ4v) is 6.24. The van der Waals surface area contributed by atoms with Crippen molar-refractivity contribution in [2.24, 2.45) is 0 Å². The van der Waals surface area contributed by atoms with Crippen LogP contribution in [0.15, 0.2) is 127 Å². The molecule has 0 atom stereocenters. The molecule has 36 heavy (non-hydrogen) atoms. The Labute approximate surface area is 213 Å². The van der Waals surface area contributed by atoms with Crippen LogP contribution < -0.4 is 5.30 Å². The van der Waals surface area contributed by atoms with Crippen LogP contribution in [-0.4, -0.2) is 18.2 Å². The van der Waals surface area contributed by atoms with Crippen molar-refractivity contribution in [3.05, 3.63) is 127 Å². The maximum atomic E-state index is 10.6. The molecule has 0 fully saturated rings. The topological polar surface area (TPSA) is 20.2 Å². The Balaban J connectivity index is 1.59. The van der Waals surface area contributed by atoms with E-state index >= 15 is 0 Å². The quantitative estimate of drug-likeness (QED) is 0.196. The van der Waals surface area contributed by atoms with Gasteiger partial charge in [-0.05, 0) is 5.56 Å². The van der Waals surface area contributed by atoms with Crippen LogP contribution in [0.4, 0.5) is 0 Å². The number of fused-ring (bicyclic) bond motifs is 2. The molecular formula is C34H29OP. The Morgan fingerprint density at radius 3 is 1.14 bits per heavy atom. The monoisotopic (exact) mass is 484 g/mol. The van der Waals surface area contributed by atoms with Gasteiger partial charge in [-0.25, -0.2) is 0 Å². The number of rotatable bonds is 4. The molecule has 0 aliphatic carbocycles. The molecule has 0 saturated heterocycles. The Morgan fingerprint density at radius 1 is 0.389 bits per heavy atom. The first-order valence-electron chi connectivity index (χ1n) is 12.4. The summed E-state index contributed by atoms with van der Waals surface area (Å²) in [5.41, 5.74) is 7.36. The predicted octanol–water partition coefficient (Wildman–Crippen LogP) is 8.54. The average molecular weight is 485 g/mol. The molecule has 0 aliphatic rings. The molecule has 176 valence electrons. The van der Waals surface area contributed by atoms with Crippen LogP contribution in [0.2, 0.25) is 0 Å². The fraction of sp³-hybridized carbons (Fsp3) is 0.0588. The second kappa shape index (κ2) is 9.03. The molecule has 0 radical (unpaired) electrons. The van der Waals surface area contributed by atoms with Gasteiger partial charge in [0.05, 0.1) is 0 Å². The van der Waals surface area contributed by atoms with Crippen LogP contribution in [-0.2, 0) is 0 Å². The molecular weight excluding hydrogens is 455 g/mol. The Kier molecular flexibility index (Phi) is 5.69. The summed E-state index contributed by atoms with van der Waals surface area (Å²) in [6, 6.07) is 45.5. The van der Waals surface area contributed by atoms with E-state index in [0.717, 1.165) is 5.30 Å². The summed E-state index contributed by atoms with van der Waals surface area (Å²) in [5, 5.41) is 6.03. The van der Waals surface area contributed by atoms with Gasteiger partial charge in [0.15, 0.2) is 0 Å². The normalized spacial score (nSPS) is 12.2. The third-order valence-corrected chi connectivity index (χ3v) is 8.84. The van der Waals surface area contributed by atoms with E-state index in [2.05, 4.69) is 127 Å². The number of hydrogen-bond donors (Lipinski definition) is 1. The van der Waals surface area contributed by atoms with Gasteiger partial charge in [-0.3, -0.25) is 0 Å². The minimum absolute atomic E-state index is 1.05. The van der Waals surface area contributed by atoms with Crippen LogP contribution in [0, 0.1) is 0 Å². The fourth-order valence-electron chi connectivity index (χ4n) is 5.26. The third-order valence-electron chi connectivity index (χ3n) is 7.09. The predicted molar refractivity (Wildman–Crippen MR) is 160 cm³/mol. The summed E-state index contributed by atoms with van der Waals surface area (Å²) in [6.07, 6.45) is 0. The van der Waals surface area contributed by atoms with Crippen LogP contribution in [0.25, 0.3) is 54.9 Å². The summed E-state index contributed by atoms with van der Waals surface area (Å²) in [5.74, 6) is 0. The first kappa shape index (κ1) is 22.7. The second-order valence-corrected chi connectivity index (χ2v) is 13.6. The van der Waals surface area contributed by atoms with Gasteiger partial charge >= 0.3 is 177 Å². The summed E-state index contributed by atoms with van der Waals surface area (Å²) < 4.78 is 0. The van der Waals surface area contributed by atoms with Gasteiger partial charge in [0.1, 0.15) is 0 Å². The van der Waals surface area contributed by atoms with E-state index in [1.54, 1.807) is 0 Å². The molecule has 0 saturated carbocycles. The van der Waals surface area contributed by atoms with Gasteiger partial charge in [0.2, 0.25) is 0 Å². The summed E-state index contributed by atoms with van der Waals surface area (Å²) in [6.45, 7) is 3.93. The van der Waals surface area contributed by atoms with Crippen molar-refractivity contribution < 1.29 is 4.89 Å². The van der Waals surface area contributed by atoms with E-state index < -0.39 is 7.49 Å². The Morgan fingerprint density at radius 2 is 0.722 bits per heavy atom. The van der Waals surface area contributed by atoms with Gasteiger partial charge in [-0.15, -0.1) is 0 Å². The van der Waals surface area contributed by atoms with Gasteiger partial charge in [-0.2, -0.15) is 0 Å². The maximum absolute atomic E-state index is 10.6. The zero-order chi connectivity index (χ0) is 24.7. The van der Waals surface area contributed by atoms with Crippen LogP contribution in [0.1, 0.15) is 0 Å². The SMILES string of the molecule is C[PH](C)(O)c1ccc(-c2c3ccccc3c(-c3ccc(-c4ccccc4)cc3)c3ccccc23)cc1. The Hall–Kier alpha value is -3.77. The number of hydrogen-bond acceptors (Lipinski definition) is 1. The van der Waals surface area contributed by atoms with Gasteiger partial charge in [-0.1, -0.05) is 30.3 Å². The zero-order valence-electron chi connectivity index (χ0n) is 20.6. The third kappa shape index (κ3) is 4.01. The molecule has 0 heterocycles. The van der Waals surface area contributed by atoms with Crippen molar-refractivity contribution in [1.82, 2.24) is 0 Å². The van der Waals surface area contributed by atoms with Crippen molar-refractivity contribution in [3.8, 4) is 33.4 Å². The number of benzene rings is 6. The summed E-state index contributed by atoms with van der Waals surface area (Å²) >= 11 is 0. The second-order valence-electron chi connectivity index (χ2n) is 9.92. The summed E-state index contributed by atoms with van der Waals surface area (Å²) in [7, 11) is -2.35. The van der Waals surface area contributed by atoms with E-state index in [1.165, 1.54) is 54.9 Å². The standard InChI is InChI=1S/C34H29OP/c1-36(2,35)28-22-20-27(21-23-28)34-31-14-8-6-12-29(31)33(30-13-7-9-15-32(30)34)26-18-16-25(17-19-26)24-10-4-3-5-11-24/h3-23,35-36H,1-2H3. The first-order valence-corrected chi connectivity index (χ1v) is 15.4. The molecule has 6 aromatic carbocycles. The van der Waals surface area contributed by atoms with E-state index in [9.17, 15) is 4.89 Å². The minimum atomic E-state index is -2.35. The zero-order valence-corrected chi connectivity index (χ0v) is 21.6. The molecule has 0 bridgehead atoms. The van der Waals surface area contributed by atoms with Crippen LogP contribution in [0.5, 0.6) is 0 Å². The molecule has 1 N–H and O–H groups in total. The molecule has 0 spiro atoms. The van der Waals surface area contributed by atoms with Crippen molar-refractivity contribution in [3.63, 3.8) is 0 Å².